The van der Waals surface area contributed by atoms with Crippen LogP contribution in [0.5, 0.6) is 5.75 Å². The molecule has 2 aromatic rings. The molecule has 0 aliphatic rings. The fourth-order valence-corrected chi connectivity index (χ4v) is 3.24. The number of nitrogens with one attached hydrogen (secondary N) is 3. The summed E-state index contributed by atoms with van der Waals surface area (Å²) < 4.78 is 33.0. The van der Waals surface area contributed by atoms with Gasteiger partial charge in [0.2, 0.25) is 5.91 Å². The molecule has 0 bridgehead atoms. The Morgan fingerprint density at radius 3 is 2.32 bits per heavy atom. The normalized spacial score (nSPS) is 11.0. The fraction of sp³-hybridized carbons (Fsp3) is 0.263. The molecule has 0 unspecified atom stereocenters. The van der Waals surface area contributed by atoms with Crippen LogP contribution in [0.1, 0.15) is 31.1 Å². The topological polar surface area (TPSA) is 114 Å². The zero-order valence-electron chi connectivity index (χ0n) is 15.9. The number of carbonyl (C=O) groups excluding carboxylic acids is 2. The second-order valence-corrected chi connectivity index (χ2v) is 7.87. The second kappa shape index (κ2) is 9.23. The first-order valence-electron chi connectivity index (χ1n) is 8.69. The van der Waals surface area contributed by atoms with Gasteiger partial charge in [-0.1, -0.05) is 19.9 Å². The van der Waals surface area contributed by atoms with E-state index in [1.54, 1.807) is 38.1 Å². The maximum Gasteiger partial charge on any atom is 0.269 e. The first-order valence-corrected chi connectivity index (χ1v) is 10.2. The van der Waals surface area contributed by atoms with Crippen LogP contribution in [0.2, 0.25) is 0 Å². The van der Waals surface area contributed by atoms with Crippen LogP contribution in [-0.4, -0.2) is 26.8 Å². The number of rotatable bonds is 7. The van der Waals surface area contributed by atoms with Crippen molar-refractivity contribution in [3.8, 4) is 5.75 Å². The van der Waals surface area contributed by atoms with Crippen LogP contribution in [0, 0.1) is 5.92 Å². The summed E-state index contributed by atoms with van der Waals surface area (Å²) in [5, 5.41) is 0. The van der Waals surface area contributed by atoms with Gasteiger partial charge in [-0.15, -0.1) is 0 Å². The molecule has 0 radical (unpaired) electrons. The molecule has 3 N–H and O–H groups in total. The van der Waals surface area contributed by atoms with E-state index < -0.39 is 15.9 Å². The van der Waals surface area contributed by atoms with E-state index in [0.29, 0.717) is 18.0 Å². The average Bonchev–Trinajstić information content (AvgIpc) is 2.67. The summed E-state index contributed by atoms with van der Waals surface area (Å²) in [4.78, 5) is 23.6. The summed E-state index contributed by atoms with van der Waals surface area (Å²) in [5.41, 5.74) is 5.00. The molecule has 2 rings (SSSR count). The van der Waals surface area contributed by atoms with Gasteiger partial charge in [-0.05, 0) is 49.4 Å². The van der Waals surface area contributed by atoms with Crippen molar-refractivity contribution in [3.63, 3.8) is 0 Å². The number of anilines is 1. The molecule has 0 aliphatic carbocycles. The molecule has 0 saturated heterocycles. The Bertz CT molecular complexity index is 940. The van der Waals surface area contributed by atoms with Gasteiger partial charge in [0.15, 0.2) is 0 Å². The number of sulfonamides is 1. The van der Waals surface area contributed by atoms with E-state index in [2.05, 4.69) is 15.6 Å². The van der Waals surface area contributed by atoms with Gasteiger partial charge >= 0.3 is 0 Å². The van der Waals surface area contributed by atoms with E-state index in [1.165, 1.54) is 24.3 Å². The summed E-state index contributed by atoms with van der Waals surface area (Å²) in [6.45, 7) is 5.73. The van der Waals surface area contributed by atoms with Crippen LogP contribution in [0.4, 0.5) is 5.69 Å². The van der Waals surface area contributed by atoms with E-state index in [4.69, 9.17) is 4.74 Å². The number of carbonyl (C=O) groups is 2. The number of hydrogen-bond acceptors (Lipinski definition) is 5. The molecule has 0 spiro atoms. The number of amides is 2. The molecule has 150 valence electrons. The highest BCUT2D eigenvalue weighted by Gasteiger charge is 2.17. The van der Waals surface area contributed by atoms with E-state index in [-0.39, 0.29) is 22.3 Å². The predicted molar refractivity (Wildman–Crippen MR) is 105 cm³/mol. The Morgan fingerprint density at radius 2 is 1.71 bits per heavy atom. The first kappa shape index (κ1) is 21.2. The number of hydrazine groups is 1. The molecule has 0 atom stereocenters. The van der Waals surface area contributed by atoms with Crippen molar-refractivity contribution >= 4 is 27.5 Å². The van der Waals surface area contributed by atoms with Crippen molar-refractivity contribution in [3.05, 3.63) is 54.1 Å². The van der Waals surface area contributed by atoms with Crippen LogP contribution >= 0.6 is 0 Å². The van der Waals surface area contributed by atoms with Crippen molar-refractivity contribution in [2.75, 3.05) is 11.3 Å². The van der Waals surface area contributed by atoms with Crippen molar-refractivity contribution in [2.24, 2.45) is 5.92 Å². The molecule has 9 heteroatoms. The van der Waals surface area contributed by atoms with E-state index in [0.717, 1.165) is 0 Å². The molecular weight excluding hydrogens is 382 g/mol. The van der Waals surface area contributed by atoms with E-state index in [9.17, 15) is 18.0 Å². The minimum Gasteiger partial charge on any atom is -0.494 e. The molecule has 0 aliphatic heterocycles. The van der Waals surface area contributed by atoms with Crippen LogP contribution in [0.15, 0.2) is 53.4 Å². The third-order valence-corrected chi connectivity index (χ3v) is 5.03. The molecular formula is C19H23N3O5S. The Kier molecular flexibility index (Phi) is 7.00. The van der Waals surface area contributed by atoms with Gasteiger partial charge in [-0.3, -0.25) is 25.2 Å². The first-order chi connectivity index (χ1) is 13.2. The Balaban J connectivity index is 2.12. The van der Waals surface area contributed by atoms with Crippen LogP contribution in [-0.2, 0) is 14.8 Å². The monoisotopic (exact) mass is 405 g/mol. The van der Waals surface area contributed by atoms with Crippen molar-refractivity contribution in [1.29, 1.82) is 0 Å². The zero-order chi connectivity index (χ0) is 20.7. The third-order valence-electron chi connectivity index (χ3n) is 3.65. The maximum absolute atomic E-state index is 12.6. The Morgan fingerprint density at radius 1 is 1.04 bits per heavy atom. The lowest BCUT2D eigenvalue weighted by atomic mass is 10.2. The van der Waals surface area contributed by atoms with Gasteiger partial charge in [0, 0.05) is 17.2 Å². The smallest absolute Gasteiger partial charge is 0.269 e. The van der Waals surface area contributed by atoms with Gasteiger partial charge in [0.25, 0.3) is 15.9 Å². The average molecular weight is 405 g/mol. The molecule has 0 saturated carbocycles. The Hall–Kier alpha value is -3.07. The fourth-order valence-electron chi connectivity index (χ4n) is 2.14. The van der Waals surface area contributed by atoms with Crippen LogP contribution < -0.4 is 20.3 Å². The van der Waals surface area contributed by atoms with Gasteiger partial charge in [0.05, 0.1) is 11.5 Å². The van der Waals surface area contributed by atoms with Gasteiger partial charge in [-0.25, -0.2) is 8.42 Å². The maximum atomic E-state index is 12.6. The van der Waals surface area contributed by atoms with Crippen molar-refractivity contribution < 1.29 is 22.7 Å². The second-order valence-electron chi connectivity index (χ2n) is 6.19. The van der Waals surface area contributed by atoms with Crippen LogP contribution in [0.3, 0.4) is 0 Å². The number of benzene rings is 2. The van der Waals surface area contributed by atoms with Gasteiger partial charge < -0.3 is 4.74 Å². The van der Waals surface area contributed by atoms with Crippen molar-refractivity contribution in [1.82, 2.24) is 10.9 Å². The van der Waals surface area contributed by atoms with E-state index in [1.807, 2.05) is 6.92 Å². The summed E-state index contributed by atoms with van der Waals surface area (Å²) in [6.07, 6.45) is 0. The zero-order valence-corrected chi connectivity index (χ0v) is 16.7. The quantitative estimate of drug-likeness (QED) is 0.612. The lowest BCUT2D eigenvalue weighted by molar-refractivity contribution is -0.124. The largest absolute Gasteiger partial charge is 0.494 e. The molecule has 28 heavy (non-hydrogen) atoms. The molecule has 0 heterocycles. The van der Waals surface area contributed by atoms with Gasteiger partial charge in [0.1, 0.15) is 5.75 Å². The Labute approximate surface area is 164 Å². The molecule has 0 aromatic heterocycles. The van der Waals surface area contributed by atoms with Gasteiger partial charge in [-0.2, -0.15) is 0 Å². The predicted octanol–water partition coefficient (Wildman–Crippen LogP) is 2.30. The number of hydrogen-bond donors (Lipinski definition) is 3. The highest BCUT2D eigenvalue weighted by Crippen LogP contribution is 2.20. The highest BCUT2D eigenvalue weighted by molar-refractivity contribution is 7.92. The molecule has 2 amide bonds. The molecule has 0 fully saturated rings. The van der Waals surface area contributed by atoms with E-state index >= 15 is 0 Å². The molecule has 2 aromatic carbocycles. The summed E-state index contributed by atoms with van der Waals surface area (Å²) in [5.74, 6) is -0.640. The molecule has 8 nitrogen and oxygen atoms in total. The summed E-state index contributed by atoms with van der Waals surface area (Å²) >= 11 is 0. The van der Waals surface area contributed by atoms with Crippen LogP contribution in [0.25, 0.3) is 0 Å². The summed E-state index contributed by atoms with van der Waals surface area (Å²) in [6, 6.07) is 12.0. The minimum absolute atomic E-state index is 0.0794. The van der Waals surface area contributed by atoms with Crippen molar-refractivity contribution in [2.45, 2.75) is 25.7 Å². The number of ether oxygens (including phenoxy) is 1. The third kappa shape index (κ3) is 5.71. The lowest BCUT2D eigenvalue weighted by Crippen LogP contribution is -2.43. The SMILES string of the molecule is CCOc1ccc(NS(=O)(=O)c2cccc(C(=O)NNC(=O)C(C)C)c2)cc1. The summed E-state index contributed by atoms with van der Waals surface area (Å²) in [7, 11) is -3.90. The standard InChI is InChI=1S/C19H23N3O5S/c1-4-27-16-10-8-15(9-11-16)22-28(25,26)17-7-5-6-14(12-17)19(24)21-20-18(23)13(2)3/h5-13,22H,4H2,1-3H3,(H,20,23)(H,21,24). The highest BCUT2D eigenvalue weighted by atomic mass is 32.2. The minimum atomic E-state index is -3.90. The lowest BCUT2D eigenvalue weighted by Gasteiger charge is -2.11.